The molecule has 1 aliphatic heterocycles. The summed E-state index contributed by atoms with van der Waals surface area (Å²) in [6, 6.07) is 9.60. The topological polar surface area (TPSA) is 58.4 Å². The highest BCUT2D eigenvalue weighted by atomic mass is 16.5. The lowest BCUT2D eigenvalue weighted by Gasteiger charge is -2.23. The molecule has 1 aromatic heterocycles. The third-order valence-electron chi connectivity index (χ3n) is 3.76. The maximum absolute atomic E-state index is 12.5. The van der Waals surface area contributed by atoms with Crippen LogP contribution in [-0.4, -0.2) is 22.6 Å². The van der Waals surface area contributed by atoms with Crippen molar-refractivity contribution in [1.29, 1.82) is 0 Å². The van der Waals surface area contributed by atoms with E-state index in [-0.39, 0.29) is 12.1 Å². The molecule has 0 spiro atoms. The molecule has 1 saturated heterocycles. The van der Waals surface area contributed by atoms with Gasteiger partial charge in [-0.3, -0.25) is 0 Å². The molecule has 110 valence electrons. The predicted octanol–water partition coefficient (Wildman–Crippen LogP) is 3.66. The van der Waals surface area contributed by atoms with E-state index in [0.717, 1.165) is 42.1 Å². The lowest BCUT2D eigenvalue weighted by Crippen LogP contribution is -2.34. The fraction of sp³-hybridized carbons (Fsp3) is 0.375. The third kappa shape index (κ3) is 2.91. The largest absolute Gasteiger partial charge is 0.359 e. The molecule has 0 bridgehead atoms. The minimum atomic E-state index is -0.0860. The zero-order valence-electron chi connectivity index (χ0n) is 12.3. The Balaban J connectivity index is 1.74. The van der Waals surface area contributed by atoms with Gasteiger partial charge in [0.25, 0.3) is 0 Å². The fourth-order valence-electron chi connectivity index (χ4n) is 2.76. The van der Waals surface area contributed by atoms with E-state index >= 15 is 0 Å². The van der Waals surface area contributed by atoms with Crippen molar-refractivity contribution in [3.05, 3.63) is 47.3 Å². The quantitative estimate of drug-likeness (QED) is 0.916. The van der Waals surface area contributed by atoms with Gasteiger partial charge in [0.1, 0.15) is 0 Å². The number of aromatic nitrogens is 1. The summed E-state index contributed by atoms with van der Waals surface area (Å²) in [5.41, 5.74) is 2.78. The minimum Gasteiger partial charge on any atom is -0.359 e. The van der Waals surface area contributed by atoms with Gasteiger partial charge in [0, 0.05) is 18.3 Å². The van der Waals surface area contributed by atoms with E-state index in [1.54, 1.807) is 0 Å². The number of carbonyl (C=O) groups excluding carboxylic acids is 1. The number of amides is 2. The van der Waals surface area contributed by atoms with Crippen molar-refractivity contribution in [3.8, 4) is 0 Å². The average Bonchev–Trinajstić information content (AvgIpc) is 3.06. The molecule has 0 radical (unpaired) electrons. The first kappa shape index (κ1) is 13.7. The number of nitrogens with zero attached hydrogens (tertiary/aromatic N) is 2. The second-order valence-corrected chi connectivity index (χ2v) is 5.52. The molecule has 21 heavy (non-hydrogen) atoms. The Morgan fingerprint density at radius 2 is 2.24 bits per heavy atom. The van der Waals surface area contributed by atoms with Crippen LogP contribution < -0.4 is 5.32 Å². The fourth-order valence-corrected chi connectivity index (χ4v) is 2.76. The SMILES string of the molecule is Cc1cccc(NC(=O)N2CCCC2c2cc(C)no2)c1. The summed E-state index contributed by atoms with van der Waals surface area (Å²) in [4.78, 5) is 14.3. The predicted molar refractivity (Wildman–Crippen MR) is 80.1 cm³/mol. The first-order valence-electron chi connectivity index (χ1n) is 7.21. The number of likely N-dealkylation sites (tertiary alicyclic amines) is 1. The smallest absolute Gasteiger partial charge is 0.322 e. The molecule has 5 heteroatoms. The van der Waals surface area contributed by atoms with Crippen LogP contribution in [0, 0.1) is 13.8 Å². The Labute approximate surface area is 123 Å². The van der Waals surface area contributed by atoms with Crippen molar-refractivity contribution in [3.63, 3.8) is 0 Å². The highest BCUT2D eigenvalue weighted by Crippen LogP contribution is 2.32. The van der Waals surface area contributed by atoms with Gasteiger partial charge in [-0.2, -0.15) is 0 Å². The first-order valence-corrected chi connectivity index (χ1v) is 7.21. The Kier molecular flexibility index (Phi) is 3.64. The Morgan fingerprint density at radius 1 is 1.38 bits per heavy atom. The van der Waals surface area contributed by atoms with Crippen LogP contribution in [0.5, 0.6) is 0 Å². The first-order chi connectivity index (χ1) is 10.1. The molecule has 2 amide bonds. The zero-order valence-corrected chi connectivity index (χ0v) is 12.3. The standard InChI is InChI=1S/C16H19N3O2/c1-11-5-3-6-13(9-11)17-16(20)19-8-4-7-14(19)15-10-12(2)18-21-15/h3,5-6,9-10,14H,4,7-8H2,1-2H3,(H,17,20). The maximum atomic E-state index is 12.5. The van der Waals surface area contributed by atoms with Crippen LogP contribution in [0.25, 0.3) is 0 Å². The summed E-state index contributed by atoms with van der Waals surface area (Å²) >= 11 is 0. The molecular weight excluding hydrogens is 266 g/mol. The van der Waals surface area contributed by atoms with E-state index in [9.17, 15) is 4.79 Å². The van der Waals surface area contributed by atoms with Gasteiger partial charge in [0.05, 0.1) is 11.7 Å². The number of aryl methyl sites for hydroxylation is 2. The zero-order chi connectivity index (χ0) is 14.8. The van der Waals surface area contributed by atoms with Gasteiger partial charge < -0.3 is 14.7 Å². The molecule has 2 aromatic rings. The van der Waals surface area contributed by atoms with Gasteiger partial charge in [0.2, 0.25) is 0 Å². The van der Waals surface area contributed by atoms with Gasteiger partial charge in [0.15, 0.2) is 5.76 Å². The van der Waals surface area contributed by atoms with Crippen LogP contribution in [0.3, 0.4) is 0 Å². The second kappa shape index (κ2) is 5.60. The number of urea groups is 1. The van der Waals surface area contributed by atoms with E-state index in [0.29, 0.717) is 0 Å². The summed E-state index contributed by atoms with van der Waals surface area (Å²) in [5, 5.41) is 6.87. The lowest BCUT2D eigenvalue weighted by atomic mass is 10.1. The van der Waals surface area contributed by atoms with E-state index in [1.807, 2.05) is 49.1 Å². The molecule has 1 fully saturated rings. The number of benzene rings is 1. The Hall–Kier alpha value is -2.30. The van der Waals surface area contributed by atoms with E-state index in [2.05, 4.69) is 10.5 Å². The highest BCUT2D eigenvalue weighted by molar-refractivity contribution is 5.89. The number of rotatable bonds is 2. The number of hydrogen-bond acceptors (Lipinski definition) is 3. The summed E-state index contributed by atoms with van der Waals surface area (Å²) < 4.78 is 5.33. The molecular formula is C16H19N3O2. The van der Waals surface area contributed by atoms with Crippen molar-refractivity contribution >= 4 is 11.7 Å². The van der Waals surface area contributed by atoms with Crippen molar-refractivity contribution in [2.45, 2.75) is 32.7 Å². The van der Waals surface area contributed by atoms with Gasteiger partial charge in [-0.25, -0.2) is 4.79 Å². The van der Waals surface area contributed by atoms with Crippen molar-refractivity contribution in [2.75, 3.05) is 11.9 Å². The molecule has 1 aromatic carbocycles. The molecule has 3 rings (SSSR count). The molecule has 1 atom stereocenters. The highest BCUT2D eigenvalue weighted by Gasteiger charge is 2.32. The maximum Gasteiger partial charge on any atom is 0.322 e. The van der Waals surface area contributed by atoms with E-state index in [1.165, 1.54) is 0 Å². The second-order valence-electron chi connectivity index (χ2n) is 5.52. The lowest BCUT2D eigenvalue weighted by molar-refractivity contribution is 0.195. The Morgan fingerprint density at radius 3 is 2.95 bits per heavy atom. The summed E-state index contributed by atoms with van der Waals surface area (Å²) in [5.74, 6) is 0.768. The molecule has 1 aliphatic rings. The summed E-state index contributed by atoms with van der Waals surface area (Å²) in [6.07, 6.45) is 1.89. The van der Waals surface area contributed by atoms with Crippen LogP contribution in [-0.2, 0) is 0 Å². The van der Waals surface area contributed by atoms with E-state index in [4.69, 9.17) is 4.52 Å². The van der Waals surface area contributed by atoms with Crippen LogP contribution in [0.4, 0.5) is 10.5 Å². The molecule has 2 heterocycles. The minimum absolute atomic E-state index is 0.0176. The molecule has 5 nitrogen and oxygen atoms in total. The van der Waals surface area contributed by atoms with Crippen molar-refractivity contribution in [1.82, 2.24) is 10.1 Å². The van der Waals surface area contributed by atoms with Crippen LogP contribution in [0.1, 0.15) is 35.9 Å². The van der Waals surface area contributed by atoms with Crippen LogP contribution in [0.2, 0.25) is 0 Å². The van der Waals surface area contributed by atoms with Crippen LogP contribution in [0.15, 0.2) is 34.9 Å². The summed E-state index contributed by atoms with van der Waals surface area (Å²) in [6.45, 7) is 4.63. The molecule has 0 saturated carbocycles. The number of carbonyl (C=O) groups is 1. The number of hydrogen-bond donors (Lipinski definition) is 1. The molecule has 0 aliphatic carbocycles. The van der Waals surface area contributed by atoms with Gasteiger partial charge >= 0.3 is 6.03 Å². The van der Waals surface area contributed by atoms with Gasteiger partial charge in [-0.15, -0.1) is 0 Å². The Bertz CT molecular complexity index is 650. The molecule has 1 unspecified atom stereocenters. The number of anilines is 1. The van der Waals surface area contributed by atoms with Crippen molar-refractivity contribution < 1.29 is 9.32 Å². The van der Waals surface area contributed by atoms with Crippen LogP contribution >= 0.6 is 0 Å². The normalized spacial score (nSPS) is 18.0. The van der Waals surface area contributed by atoms with Gasteiger partial charge in [-0.05, 0) is 44.4 Å². The average molecular weight is 285 g/mol. The summed E-state index contributed by atoms with van der Waals surface area (Å²) in [7, 11) is 0. The number of nitrogens with one attached hydrogen (secondary N) is 1. The van der Waals surface area contributed by atoms with Crippen molar-refractivity contribution in [2.24, 2.45) is 0 Å². The van der Waals surface area contributed by atoms with E-state index < -0.39 is 0 Å². The molecule has 1 N–H and O–H groups in total. The third-order valence-corrected chi connectivity index (χ3v) is 3.76. The monoisotopic (exact) mass is 285 g/mol. The van der Waals surface area contributed by atoms with Gasteiger partial charge in [-0.1, -0.05) is 17.3 Å².